The molecule has 34 heavy (non-hydrogen) atoms. The summed E-state index contributed by atoms with van der Waals surface area (Å²) >= 11 is 0. The molecule has 1 heterocycles. The molecular formula is C24H37N3O6S. The first kappa shape index (κ1) is 26.8. The number of benzene rings is 2. The molecular weight excluding hydrogens is 458 g/mol. The van der Waals surface area contributed by atoms with Gasteiger partial charge >= 0.3 is 0 Å². The second-order valence-electron chi connectivity index (χ2n) is 9.13. The fourth-order valence-corrected chi connectivity index (χ4v) is 5.90. The van der Waals surface area contributed by atoms with Crippen LogP contribution in [0, 0.1) is 0 Å². The third kappa shape index (κ3) is 6.06. The van der Waals surface area contributed by atoms with Crippen molar-refractivity contribution in [3.63, 3.8) is 0 Å². The van der Waals surface area contributed by atoms with Crippen LogP contribution in [0.3, 0.4) is 0 Å². The summed E-state index contributed by atoms with van der Waals surface area (Å²) < 4.78 is 28.6. The van der Waals surface area contributed by atoms with Crippen LogP contribution in [-0.4, -0.2) is 98.4 Å². The van der Waals surface area contributed by atoms with Gasteiger partial charge in [0.05, 0.1) is 23.6 Å². The van der Waals surface area contributed by atoms with Crippen LogP contribution in [-0.2, 0) is 10.0 Å². The zero-order chi connectivity index (χ0) is 24.9. The van der Waals surface area contributed by atoms with Gasteiger partial charge in [-0.3, -0.25) is 4.90 Å². The molecule has 0 aromatic heterocycles. The van der Waals surface area contributed by atoms with E-state index in [4.69, 9.17) is 0 Å². The summed E-state index contributed by atoms with van der Waals surface area (Å²) in [6.07, 6.45) is -0.381. The van der Waals surface area contributed by atoms with E-state index in [0.717, 1.165) is 30.3 Å². The number of hydrogen-bond donors (Lipinski definition) is 5. The van der Waals surface area contributed by atoms with Crippen molar-refractivity contribution in [2.24, 2.45) is 0 Å². The van der Waals surface area contributed by atoms with Crippen molar-refractivity contribution < 1.29 is 28.8 Å². The molecule has 0 spiro atoms. The standard InChI is InChI=1S/C24H37N3O6S/c1-26(2)19-11-7-10-18-17(19)9-8-12-22(18)34(32,33)25-13-5-3-4-6-14-27-15-21(29)24(31)23(30)20(27)16-28/h7-12,20-21,23-25,28-31H,3-6,13-16H2,1-2H3/t20-,21+,23-,24-/m1/s1. The maximum absolute atomic E-state index is 13.0. The van der Waals surface area contributed by atoms with Crippen LogP contribution in [0.5, 0.6) is 0 Å². The Bertz CT molecular complexity index is 1050. The average Bonchev–Trinajstić information content (AvgIpc) is 2.81. The van der Waals surface area contributed by atoms with E-state index in [9.17, 15) is 28.8 Å². The molecule has 1 aliphatic rings. The Hall–Kier alpha value is -1.79. The maximum atomic E-state index is 13.0. The van der Waals surface area contributed by atoms with Crippen molar-refractivity contribution in [1.82, 2.24) is 9.62 Å². The zero-order valence-corrected chi connectivity index (χ0v) is 20.7. The first-order valence-electron chi connectivity index (χ1n) is 11.7. The average molecular weight is 496 g/mol. The quantitative estimate of drug-likeness (QED) is 0.285. The number of aliphatic hydroxyl groups is 4. The lowest BCUT2D eigenvalue weighted by atomic mass is 9.94. The second kappa shape index (κ2) is 11.8. The molecule has 2 aromatic carbocycles. The summed E-state index contributed by atoms with van der Waals surface area (Å²) in [5, 5.41) is 40.8. The molecule has 4 atom stereocenters. The highest BCUT2D eigenvalue weighted by molar-refractivity contribution is 7.89. The van der Waals surface area contributed by atoms with Gasteiger partial charge in [0.15, 0.2) is 0 Å². The van der Waals surface area contributed by atoms with Crippen molar-refractivity contribution in [1.29, 1.82) is 0 Å². The van der Waals surface area contributed by atoms with E-state index in [-0.39, 0.29) is 18.0 Å². The largest absolute Gasteiger partial charge is 0.395 e. The predicted octanol–water partition coefficient (Wildman–Crippen LogP) is 0.504. The van der Waals surface area contributed by atoms with Crippen LogP contribution in [0.25, 0.3) is 10.8 Å². The molecule has 9 nitrogen and oxygen atoms in total. The van der Waals surface area contributed by atoms with E-state index in [2.05, 4.69) is 4.72 Å². The molecule has 10 heteroatoms. The van der Waals surface area contributed by atoms with Crippen LogP contribution in [0.4, 0.5) is 5.69 Å². The number of nitrogens with one attached hydrogen (secondary N) is 1. The van der Waals surface area contributed by atoms with E-state index in [1.54, 1.807) is 17.0 Å². The van der Waals surface area contributed by atoms with Crippen LogP contribution >= 0.6 is 0 Å². The van der Waals surface area contributed by atoms with Gasteiger partial charge in [-0.1, -0.05) is 37.1 Å². The van der Waals surface area contributed by atoms with E-state index >= 15 is 0 Å². The fraction of sp³-hybridized carbons (Fsp3) is 0.583. The van der Waals surface area contributed by atoms with Crippen LogP contribution < -0.4 is 9.62 Å². The summed E-state index contributed by atoms with van der Waals surface area (Å²) in [5.74, 6) is 0. The topological polar surface area (TPSA) is 134 Å². The van der Waals surface area contributed by atoms with Gasteiger partial charge in [0, 0.05) is 43.6 Å². The summed E-state index contributed by atoms with van der Waals surface area (Å²) in [6.45, 7) is 0.807. The Morgan fingerprint density at radius 3 is 2.35 bits per heavy atom. The number of β-amino-alcohol motifs (C(OH)–C–C–N with tert-alkyl or cyclic N) is 1. The molecule has 0 bridgehead atoms. The maximum Gasteiger partial charge on any atom is 0.241 e. The number of likely N-dealkylation sites (tertiary alicyclic amines) is 1. The van der Waals surface area contributed by atoms with Crippen molar-refractivity contribution in [3.8, 4) is 0 Å². The van der Waals surface area contributed by atoms with Crippen molar-refractivity contribution in [2.45, 2.75) is 54.9 Å². The number of anilines is 1. The highest BCUT2D eigenvalue weighted by Crippen LogP contribution is 2.30. The molecule has 0 saturated carbocycles. The summed E-state index contributed by atoms with van der Waals surface area (Å²) in [5.41, 5.74) is 0.959. The van der Waals surface area contributed by atoms with E-state index in [1.165, 1.54) is 0 Å². The van der Waals surface area contributed by atoms with Gasteiger partial charge in [0.1, 0.15) is 12.2 Å². The number of rotatable bonds is 11. The number of unbranched alkanes of at least 4 members (excludes halogenated alkanes) is 3. The first-order chi connectivity index (χ1) is 16.2. The van der Waals surface area contributed by atoms with Crippen molar-refractivity contribution >= 4 is 26.5 Å². The van der Waals surface area contributed by atoms with E-state index < -0.39 is 34.4 Å². The minimum absolute atomic E-state index is 0.198. The number of piperidine rings is 1. The number of aliphatic hydroxyl groups excluding tert-OH is 4. The van der Waals surface area contributed by atoms with Gasteiger partial charge in [-0.2, -0.15) is 0 Å². The summed E-state index contributed by atoms with van der Waals surface area (Å²) in [7, 11) is 0.204. The molecule has 5 N–H and O–H groups in total. The number of fused-ring (bicyclic) bond motifs is 1. The van der Waals surface area contributed by atoms with Gasteiger partial charge in [0.2, 0.25) is 10.0 Å². The lowest BCUT2D eigenvalue weighted by Gasteiger charge is -2.43. The van der Waals surface area contributed by atoms with Gasteiger partial charge in [-0.15, -0.1) is 0 Å². The molecule has 1 aliphatic heterocycles. The van der Waals surface area contributed by atoms with E-state index in [1.807, 2.05) is 43.3 Å². The molecule has 3 rings (SSSR count). The predicted molar refractivity (Wildman–Crippen MR) is 132 cm³/mol. The van der Waals surface area contributed by atoms with Crippen LogP contribution in [0.1, 0.15) is 25.7 Å². The number of sulfonamides is 1. The SMILES string of the molecule is CN(C)c1cccc2c(S(=O)(=O)NCCCCCCN3C[C@H](O)[C@@H](O)[C@H](O)[C@H]3CO)cccc12. The molecule has 2 aromatic rings. The zero-order valence-electron chi connectivity index (χ0n) is 19.8. The molecule has 0 radical (unpaired) electrons. The first-order valence-corrected chi connectivity index (χ1v) is 13.2. The monoisotopic (exact) mass is 495 g/mol. The summed E-state index contributed by atoms with van der Waals surface area (Å²) in [6, 6.07) is 10.4. The lowest BCUT2D eigenvalue weighted by Crippen LogP contribution is -2.62. The van der Waals surface area contributed by atoms with Crippen LogP contribution in [0.15, 0.2) is 41.3 Å². The highest BCUT2D eigenvalue weighted by atomic mass is 32.2. The van der Waals surface area contributed by atoms with Gasteiger partial charge in [-0.25, -0.2) is 13.1 Å². The molecule has 1 fully saturated rings. The Morgan fingerprint density at radius 1 is 0.971 bits per heavy atom. The Labute approximate surface area is 201 Å². The van der Waals surface area contributed by atoms with Gasteiger partial charge < -0.3 is 25.3 Å². The normalized spacial score (nSPS) is 23.9. The smallest absolute Gasteiger partial charge is 0.241 e. The molecule has 0 amide bonds. The third-order valence-corrected chi connectivity index (χ3v) is 8.03. The molecule has 0 aliphatic carbocycles. The van der Waals surface area contributed by atoms with Crippen LogP contribution in [0.2, 0.25) is 0 Å². The molecule has 190 valence electrons. The Morgan fingerprint density at radius 2 is 1.65 bits per heavy atom. The molecule has 0 unspecified atom stereocenters. The molecule has 1 saturated heterocycles. The van der Waals surface area contributed by atoms with Gasteiger partial charge in [-0.05, 0) is 31.5 Å². The Kier molecular flexibility index (Phi) is 9.27. The van der Waals surface area contributed by atoms with Crippen molar-refractivity contribution in [2.75, 3.05) is 45.2 Å². The number of nitrogens with zero attached hydrogens (tertiary/aromatic N) is 2. The minimum atomic E-state index is -3.65. The Balaban J connectivity index is 1.48. The fourth-order valence-electron chi connectivity index (χ4n) is 4.60. The second-order valence-corrected chi connectivity index (χ2v) is 10.9. The minimum Gasteiger partial charge on any atom is -0.395 e. The van der Waals surface area contributed by atoms with E-state index in [0.29, 0.717) is 24.9 Å². The number of hydrogen-bond acceptors (Lipinski definition) is 8. The van der Waals surface area contributed by atoms with Gasteiger partial charge in [0.25, 0.3) is 0 Å². The lowest BCUT2D eigenvalue weighted by molar-refractivity contribution is -0.145. The van der Waals surface area contributed by atoms with Crippen molar-refractivity contribution in [3.05, 3.63) is 36.4 Å². The summed E-state index contributed by atoms with van der Waals surface area (Å²) in [4.78, 5) is 4.03. The highest BCUT2D eigenvalue weighted by Gasteiger charge is 2.40. The third-order valence-electron chi connectivity index (χ3n) is 6.51.